The maximum Gasteiger partial charge on any atom is 0.234 e. The third-order valence-corrected chi connectivity index (χ3v) is 6.41. The Morgan fingerprint density at radius 3 is 2.55 bits per heavy atom. The Kier molecular flexibility index (Phi) is 8.94. The van der Waals surface area contributed by atoms with Gasteiger partial charge in [0.05, 0.1) is 27.9 Å². The molecule has 1 heterocycles. The van der Waals surface area contributed by atoms with Crippen molar-refractivity contribution in [2.75, 3.05) is 16.4 Å². The SMILES string of the molecule is C=CCn1c(CC(=O)Nc2cccc(Cl)c2Cl)nnc1SCC(=O)Nc1ccc(CC)cc1. The number of allylic oxidation sites excluding steroid dienone is 1. The number of hydrogen-bond acceptors (Lipinski definition) is 5. The quantitative estimate of drug-likeness (QED) is 0.291. The fourth-order valence-electron chi connectivity index (χ4n) is 2.96. The molecule has 3 aromatic rings. The van der Waals surface area contributed by atoms with Crippen molar-refractivity contribution in [3.8, 4) is 0 Å². The molecular formula is C23H23Cl2N5O2S. The van der Waals surface area contributed by atoms with Crippen LogP contribution in [-0.4, -0.2) is 32.3 Å². The largest absolute Gasteiger partial charge is 0.325 e. The molecule has 172 valence electrons. The molecule has 0 saturated heterocycles. The van der Waals surface area contributed by atoms with Gasteiger partial charge in [-0.15, -0.1) is 16.8 Å². The summed E-state index contributed by atoms with van der Waals surface area (Å²) in [5.74, 6) is 0.118. The maximum atomic E-state index is 12.5. The van der Waals surface area contributed by atoms with Gasteiger partial charge in [-0.1, -0.05) is 66.2 Å². The van der Waals surface area contributed by atoms with Crippen molar-refractivity contribution in [3.63, 3.8) is 0 Å². The first-order chi connectivity index (χ1) is 15.9. The van der Waals surface area contributed by atoms with Gasteiger partial charge in [0, 0.05) is 12.2 Å². The molecule has 0 unspecified atom stereocenters. The molecule has 0 radical (unpaired) electrons. The molecule has 0 aliphatic rings. The number of carbonyl (C=O) groups excluding carboxylic acids is 2. The number of amides is 2. The van der Waals surface area contributed by atoms with Gasteiger partial charge in [0.2, 0.25) is 11.8 Å². The van der Waals surface area contributed by atoms with E-state index >= 15 is 0 Å². The number of aryl methyl sites for hydroxylation is 1. The summed E-state index contributed by atoms with van der Waals surface area (Å²) in [5, 5.41) is 15.0. The fraction of sp³-hybridized carbons (Fsp3) is 0.217. The number of benzene rings is 2. The van der Waals surface area contributed by atoms with E-state index in [1.807, 2.05) is 24.3 Å². The van der Waals surface area contributed by atoms with Gasteiger partial charge in [0.15, 0.2) is 5.16 Å². The smallest absolute Gasteiger partial charge is 0.234 e. The molecule has 2 aromatic carbocycles. The van der Waals surface area contributed by atoms with Crippen LogP contribution in [0.3, 0.4) is 0 Å². The molecule has 0 saturated carbocycles. The molecule has 2 N–H and O–H groups in total. The lowest BCUT2D eigenvalue weighted by Crippen LogP contribution is -2.18. The van der Waals surface area contributed by atoms with E-state index in [1.165, 1.54) is 17.3 Å². The van der Waals surface area contributed by atoms with Crippen LogP contribution in [0.4, 0.5) is 11.4 Å². The number of aromatic nitrogens is 3. The first-order valence-corrected chi connectivity index (χ1v) is 11.9. The Hall–Kier alpha value is -2.81. The molecule has 0 bridgehead atoms. The van der Waals surface area contributed by atoms with Crippen LogP contribution in [0.1, 0.15) is 18.3 Å². The van der Waals surface area contributed by atoms with E-state index in [4.69, 9.17) is 23.2 Å². The summed E-state index contributed by atoms with van der Waals surface area (Å²) in [6.07, 6.45) is 2.59. The van der Waals surface area contributed by atoms with Crippen LogP contribution in [0.5, 0.6) is 0 Å². The summed E-state index contributed by atoms with van der Waals surface area (Å²) in [7, 11) is 0. The second-order valence-corrected chi connectivity index (χ2v) is 8.74. The molecule has 0 aliphatic heterocycles. The van der Waals surface area contributed by atoms with Crippen LogP contribution < -0.4 is 10.6 Å². The predicted molar refractivity (Wildman–Crippen MR) is 134 cm³/mol. The van der Waals surface area contributed by atoms with Gasteiger partial charge >= 0.3 is 0 Å². The summed E-state index contributed by atoms with van der Waals surface area (Å²) in [4.78, 5) is 24.9. The molecule has 0 spiro atoms. The molecular weight excluding hydrogens is 481 g/mol. The van der Waals surface area contributed by atoms with Crippen molar-refractivity contribution in [1.29, 1.82) is 0 Å². The lowest BCUT2D eigenvalue weighted by atomic mass is 10.1. The normalized spacial score (nSPS) is 10.6. The van der Waals surface area contributed by atoms with Crippen molar-refractivity contribution in [1.82, 2.24) is 14.8 Å². The Morgan fingerprint density at radius 1 is 1.09 bits per heavy atom. The Bertz CT molecular complexity index is 1150. The van der Waals surface area contributed by atoms with Gasteiger partial charge in [-0.25, -0.2) is 0 Å². The number of halogens is 2. The van der Waals surface area contributed by atoms with E-state index in [9.17, 15) is 9.59 Å². The van der Waals surface area contributed by atoms with E-state index in [1.54, 1.807) is 28.8 Å². The second-order valence-electron chi connectivity index (χ2n) is 7.01. The Labute approximate surface area is 206 Å². The highest BCUT2D eigenvalue weighted by molar-refractivity contribution is 7.99. The first-order valence-electron chi connectivity index (χ1n) is 10.2. The summed E-state index contributed by atoms with van der Waals surface area (Å²) in [5.41, 5.74) is 2.36. The zero-order valence-electron chi connectivity index (χ0n) is 18.0. The van der Waals surface area contributed by atoms with Crippen LogP contribution >= 0.6 is 35.0 Å². The summed E-state index contributed by atoms with van der Waals surface area (Å²) in [6, 6.07) is 12.7. The maximum absolute atomic E-state index is 12.5. The number of carbonyl (C=O) groups is 2. The molecule has 33 heavy (non-hydrogen) atoms. The number of thioether (sulfide) groups is 1. The van der Waals surface area contributed by atoms with Crippen LogP contribution in [0, 0.1) is 0 Å². The Balaban J connectivity index is 1.62. The van der Waals surface area contributed by atoms with Gasteiger partial charge in [0.1, 0.15) is 5.82 Å². The predicted octanol–water partition coefficient (Wildman–Crippen LogP) is 5.25. The molecule has 10 heteroatoms. The third kappa shape index (κ3) is 6.83. The van der Waals surface area contributed by atoms with E-state index in [0.29, 0.717) is 28.2 Å². The molecule has 0 atom stereocenters. The molecule has 1 aromatic heterocycles. The van der Waals surface area contributed by atoms with Crippen LogP contribution in [0.2, 0.25) is 10.0 Å². The molecule has 7 nitrogen and oxygen atoms in total. The number of hydrogen-bond donors (Lipinski definition) is 2. The zero-order valence-corrected chi connectivity index (χ0v) is 20.3. The second kappa shape index (κ2) is 11.9. The van der Waals surface area contributed by atoms with Crippen molar-refractivity contribution in [2.24, 2.45) is 0 Å². The van der Waals surface area contributed by atoms with Gasteiger partial charge in [-0.05, 0) is 36.2 Å². The minimum Gasteiger partial charge on any atom is -0.325 e. The van der Waals surface area contributed by atoms with Crippen molar-refractivity contribution in [3.05, 3.63) is 76.6 Å². The van der Waals surface area contributed by atoms with Crippen LogP contribution in [-0.2, 0) is 29.0 Å². The standard InChI is InChI=1S/C23H23Cl2N5O2S/c1-3-12-30-19(13-20(31)27-18-7-5-6-17(24)22(18)25)28-29-23(30)33-14-21(32)26-16-10-8-15(4-2)9-11-16/h3,5-11H,1,4,12-14H2,2H3,(H,26,32)(H,27,31). The first kappa shape index (κ1) is 24.8. The van der Waals surface area contributed by atoms with Crippen molar-refractivity contribution < 1.29 is 9.59 Å². The van der Waals surface area contributed by atoms with E-state index in [2.05, 4.69) is 34.3 Å². The monoisotopic (exact) mass is 503 g/mol. The summed E-state index contributed by atoms with van der Waals surface area (Å²) >= 11 is 13.4. The van der Waals surface area contributed by atoms with Gasteiger partial charge in [-0.3, -0.25) is 9.59 Å². The number of anilines is 2. The minimum absolute atomic E-state index is 0.0276. The van der Waals surface area contributed by atoms with Gasteiger partial charge < -0.3 is 15.2 Å². The van der Waals surface area contributed by atoms with Crippen molar-refractivity contribution in [2.45, 2.75) is 31.5 Å². The number of nitrogens with zero attached hydrogens (tertiary/aromatic N) is 3. The average molecular weight is 504 g/mol. The topological polar surface area (TPSA) is 88.9 Å². The Morgan fingerprint density at radius 2 is 1.85 bits per heavy atom. The molecule has 2 amide bonds. The van der Waals surface area contributed by atoms with E-state index in [0.717, 1.165) is 12.1 Å². The van der Waals surface area contributed by atoms with Crippen LogP contribution in [0.15, 0.2) is 60.3 Å². The highest BCUT2D eigenvalue weighted by Gasteiger charge is 2.17. The highest BCUT2D eigenvalue weighted by atomic mass is 35.5. The fourth-order valence-corrected chi connectivity index (χ4v) is 4.07. The van der Waals surface area contributed by atoms with E-state index < -0.39 is 0 Å². The van der Waals surface area contributed by atoms with Crippen molar-refractivity contribution >= 4 is 58.2 Å². The molecule has 3 rings (SSSR count). The lowest BCUT2D eigenvalue weighted by molar-refractivity contribution is -0.116. The lowest BCUT2D eigenvalue weighted by Gasteiger charge is -2.10. The number of nitrogens with one attached hydrogen (secondary N) is 2. The van der Waals surface area contributed by atoms with E-state index in [-0.39, 0.29) is 29.0 Å². The molecule has 0 aliphatic carbocycles. The zero-order chi connectivity index (χ0) is 23.8. The molecule has 0 fully saturated rings. The summed E-state index contributed by atoms with van der Waals surface area (Å²) in [6.45, 7) is 6.23. The average Bonchev–Trinajstić information content (AvgIpc) is 3.17. The van der Waals surface area contributed by atoms with Gasteiger partial charge in [0.25, 0.3) is 0 Å². The highest BCUT2D eigenvalue weighted by Crippen LogP contribution is 2.29. The number of rotatable bonds is 10. The van der Waals surface area contributed by atoms with Crippen LogP contribution in [0.25, 0.3) is 0 Å². The minimum atomic E-state index is -0.318. The van der Waals surface area contributed by atoms with Gasteiger partial charge in [-0.2, -0.15) is 0 Å². The summed E-state index contributed by atoms with van der Waals surface area (Å²) < 4.78 is 1.75. The third-order valence-electron chi connectivity index (χ3n) is 4.63.